The Morgan fingerprint density at radius 1 is 1.36 bits per heavy atom. The minimum atomic E-state index is -2.96. The number of sulfonamides is 1. The number of rotatable bonds is 3. The fraction of sp³-hybridized carbons (Fsp3) is 1.00. The Hall–Kier alpha value is 0.160. The zero-order chi connectivity index (χ0) is 9.90. The molecule has 0 atom stereocenters. The fourth-order valence-corrected chi connectivity index (χ4v) is 2.74. The molecule has 0 spiro atoms. The standard InChI is InChI=1S/C8H18N2O2S.ClH/c1-2-13(11,12)10-5-3-8(7-9)4-6-10;/h8H,2-7,9H2,1H3;1H. The molecule has 2 N–H and O–H groups in total. The smallest absolute Gasteiger partial charge is 0.213 e. The highest BCUT2D eigenvalue weighted by Gasteiger charge is 2.25. The number of hydrogen-bond acceptors (Lipinski definition) is 3. The van der Waals surface area contributed by atoms with E-state index in [0.29, 0.717) is 25.6 Å². The topological polar surface area (TPSA) is 63.4 Å². The van der Waals surface area contributed by atoms with Gasteiger partial charge in [0.15, 0.2) is 0 Å². The quantitative estimate of drug-likeness (QED) is 0.781. The van der Waals surface area contributed by atoms with Gasteiger partial charge in [-0.3, -0.25) is 0 Å². The second-order valence-corrected chi connectivity index (χ2v) is 5.74. The molecule has 0 amide bonds. The Labute approximate surface area is 92.3 Å². The van der Waals surface area contributed by atoms with Crippen molar-refractivity contribution in [2.45, 2.75) is 19.8 Å². The molecule has 4 nitrogen and oxygen atoms in total. The monoisotopic (exact) mass is 242 g/mol. The molecule has 0 saturated carbocycles. The Morgan fingerprint density at radius 3 is 2.21 bits per heavy atom. The highest BCUT2D eigenvalue weighted by molar-refractivity contribution is 7.89. The van der Waals surface area contributed by atoms with E-state index in [0.717, 1.165) is 12.8 Å². The average molecular weight is 243 g/mol. The van der Waals surface area contributed by atoms with E-state index in [2.05, 4.69) is 0 Å². The molecular weight excluding hydrogens is 224 g/mol. The fourth-order valence-electron chi connectivity index (χ4n) is 1.61. The van der Waals surface area contributed by atoms with Crippen molar-refractivity contribution in [3.63, 3.8) is 0 Å². The second-order valence-electron chi connectivity index (χ2n) is 3.48. The van der Waals surface area contributed by atoms with Crippen LogP contribution in [0.5, 0.6) is 0 Å². The van der Waals surface area contributed by atoms with E-state index in [4.69, 9.17) is 5.73 Å². The van der Waals surface area contributed by atoms with Crippen LogP contribution in [0, 0.1) is 5.92 Å². The molecule has 6 heteroatoms. The molecule has 0 radical (unpaired) electrons. The summed E-state index contributed by atoms with van der Waals surface area (Å²) in [6.45, 7) is 3.67. The molecule has 1 heterocycles. The Bertz CT molecular complexity index is 248. The van der Waals surface area contributed by atoms with Gasteiger partial charge >= 0.3 is 0 Å². The van der Waals surface area contributed by atoms with Crippen LogP contribution < -0.4 is 5.73 Å². The van der Waals surface area contributed by atoms with Gasteiger partial charge < -0.3 is 5.73 Å². The summed E-state index contributed by atoms with van der Waals surface area (Å²) < 4.78 is 24.5. The molecule has 0 unspecified atom stereocenters. The molecule has 1 aliphatic rings. The Balaban J connectivity index is 0.00000169. The molecule has 1 aliphatic heterocycles. The molecule has 1 fully saturated rings. The van der Waals surface area contributed by atoms with E-state index in [9.17, 15) is 8.42 Å². The van der Waals surface area contributed by atoms with Crippen LogP contribution in [-0.4, -0.2) is 38.1 Å². The summed E-state index contributed by atoms with van der Waals surface area (Å²) in [5.41, 5.74) is 5.52. The van der Waals surface area contributed by atoms with E-state index in [-0.39, 0.29) is 18.2 Å². The van der Waals surface area contributed by atoms with E-state index >= 15 is 0 Å². The third-order valence-electron chi connectivity index (χ3n) is 2.67. The van der Waals surface area contributed by atoms with Gasteiger partial charge in [-0.1, -0.05) is 0 Å². The van der Waals surface area contributed by atoms with Gasteiger partial charge in [0.1, 0.15) is 0 Å². The van der Waals surface area contributed by atoms with Crippen molar-refractivity contribution in [3.8, 4) is 0 Å². The average Bonchev–Trinajstić information content (AvgIpc) is 2.18. The van der Waals surface area contributed by atoms with Gasteiger partial charge in [0.25, 0.3) is 0 Å². The van der Waals surface area contributed by atoms with Crippen LogP contribution in [0.4, 0.5) is 0 Å². The van der Waals surface area contributed by atoms with Crippen LogP contribution in [0.25, 0.3) is 0 Å². The van der Waals surface area contributed by atoms with Crippen LogP contribution in [0.15, 0.2) is 0 Å². The Kier molecular flexibility index (Phi) is 5.97. The van der Waals surface area contributed by atoms with Crippen molar-refractivity contribution in [1.82, 2.24) is 4.31 Å². The molecular formula is C8H19ClN2O2S. The van der Waals surface area contributed by atoms with Gasteiger partial charge in [0.2, 0.25) is 10.0 Å². The predicted molar refractivity (Wildman–Crippen MR) is 60.1 cm³/mol. The largest absolute Gasteiger partial charge is 0.330 e. The van der Waals surface area contributed by atoms with E-state index in [1.807, 2.05) is 0 Å². The first-order chi connectivity index (χ1) is 6.10. The first-order valence-corrected chi connectivity index (χ1v) is 6.39. The van der Waals surface area contributed by atoms with Gasteiger partial charge in [0.05, 0.1) is 5.75 Å². The highest BCUT2D eigenvalue weighted by Crippen LogP contribution is 2.18. The maximum atomic E-state index is 11.4. The van der Waals surface area contributed by atoms with Gasteiger partial charge in [-0.2, -0.15) is 0 Å². The number of halogens is 1. The molecule has 0 aromatic rings. The lowest BCUT2D eigenvalue weighted by atomic mass is 9.99. The molecule has 0 aromatic heterocycles. The minimum Gasteiger partial charge on any atom is -0.330 e. The molecule has 0 aromatic carbocycles. The number of nitrogens with two attached hydrogens (primary N) is 1. The first-order valence-electron chi connectivity index (χ1n) is 4.78. The maximum absolute atomic E-state index is 11.4. The van der Waals surface area contributed by atoms with Gasteiger partial charge in [0, 0.05) is 13.1 Å². The van der Waals surface area contributed by atoms with E-state index < -0.39 is 10.0 Å². The summed E-state index contributed by atoms with van der Waals surface area (Å²) in [5, 5.41) is 0. The molecule has 0 aliphatic carbocycles. The molecule has 1 saturated heterocycles. The predicted octanol–water partition coefficient (Wildman–Crippen LogP) is 0.429. The number of piperidine rings is 1. The number of hydrogen-bond donors (Lipinski definition) is 1. The lowest BCUT2D eigenvalue weighted by molar-refractivity contribution is 0.279. The van der Waals surface area contributed by atoms with Crippen molar-refractivity contribution in [2.24, 2.45) is 11.7 Å². The van der Waals surface area contributed by atoms with Crippen LogP contribution in [0.3, 0.4) is 0 Å². The maximum Gasteiger partial charge on any atom is 0.213 e. The van der Waals surface area contributed by atoms with Crippen LogP contribution in [0.1, 0.15) is 19.8 Å². The molecule has 14 heavy (non-hydrogen) atoms. The highest BCUT2D eigenvalue weighted by atomic mass is 35.5. The minimum absolute atomic E-state index is 0. The lowest BCUT2D eigenvalue weighted by Crippen LogP contribution is -2.40. The van der Waals surface area contributed by atoms with Crippen molar-refractivity contribution < 1.29 is 8.42 Å². The van der Waals surface area contributed by atoms with Crippen molar-refractivity contribution in [1.29, 1.82) is 0 Å². The third kappa shape index (κ3) is 3.38. The molecule has 0 bridgehead atoms. The normalized spacial score (nSPS) is 20.4. The lowest BCUT2D eigenvalue weighted by Gasteiger charge is -2.30. The van der Waals surface area contributed by atoms with Gasteiger partial charge in [-0.15, -0.1) is 12.4 Å². The summed E-state index contributed by atoms with van der Waals surface area (Å²) in [7, 11) is -2.96. The third-order valence-corrected chi connectivity index (χ3v) is 4.55. The number of nitrogens with zero attached hydrogens (tertiary/aromatic N) is 1. The summed E-state index contributed by atoms with van der Waals surface area (Å²) in [6, 6.07) is 0. The van der Waals surface area contributed by atoms with Crippen LogP contribution in [-0.2, 0) is 10.0 Å². The van der Waals surface area contributed by atoms with Crippen LogP contribution >= 0.6 is 12.4 Å². The zero-order valence-electron chi connectivity index (χ0n) is 8.48. The second kappa shape index (κ2) is 5.90. The van der Waals surface area contributed by atoms with Gasteiger partial charge in [-0.05, 0) is 32.2 Å². The summed E-state index contributed by atoms with van der Waals surface area (Å²) in [4.78, 5) is 0. The summed E-state index contributed by atoms with van der Waals surface area (Å²) in [5.74, 6) is 0.726. The summed E-state index contributed by atoms with van der Waals surface area (Å²) >= 11 is 0. The van der Waals surface area contributed by atoms with Crippen molar-refractivity contribution in [2.75, 3.05) is 25.4 Å². The van der Waals surface area contributed by atoms with Crippen molar-refractivity contribution >= 4 is 22.4 Å². The van der Waals surface area contributed by atoms with E-state index in [1.54, 1.807) is 11.2 Å². The Morgan fingerprint density at radius 2 is 1.86 bits per heavy atom. The molecule has 86 valence electrons. The van der Waals surface area contributed by atoms with Crippen molar-refractivity contribution in [3.05, 3.63) is 0 Å². The van der Waals surface area contributed by atoms with Gasteiger partial charge in [-0.25, -0.2) is 12.7 Å². The van der Waals surface area contributed by atoms with E-state index in [1.165, 1.54) is 0 Å². The summed E-state index contributed by atoms with van der Waals surface area (Å²) in [6.07, 6.45) is 1.82. The molecule has 1 rings (SSSR count). The SMILES string of the molecule is CCS(=O)(=O)N1CCC(CN)CC1.Cl. The van der Waals surface area contributed by atoms with Crippen LogP contribution in [0.2, 0.25) is 0 Å². The first kappa shape index (κ1) is 14.2. The zero-order valence-corrected chi connectivity index (χ0v) is 10.1.